The van der Waals surface area contributed by atoms with Gasteiger partial charge in [0.2, 0.25) is 0 Å². The largest absolute Gasteiger partial charge is 0.387 e. The van der Waals surface area contributed by atoms with E-state index >= 15 is 0 Å². The van der Waals surface area contributed by atoms with Crippen molar-refractivity contribution >= 4 is 16.5 Å². The summed E-state index contributed by atoms with van der Waals surface area (Å²) in [5.41, 5.74) is 0.945. The monoisotopic (exact) mass is 266 g/mol. The number of nitrogens with zero attached hydrogens (tertiary/aromatic N) is 2. The molecule has 2 saturated heterocycles. The molecule has 0 amide bonds. The highest BCUT2D eigenvalue weighted by Gasteiger charge is 2.35. The van der Waals surface area contributed by atoms with E-state index in [-0.39, 0.29) is 6.10 Å². The molecule has 3 atom stereocenters. The summed E-state index contributed by atoms with van der Waals surface area (Å²) in [6.07, 6.45) is 5.88. The van der Waals surface area contributed by atoms with E-state index in [1.165, 1.54) is 17.7 Å². The van der Waals surface area contributed by atoms with Crippen LogP contribution in [0.1, 0.15) is 42.4 Å². The van der Waals surface area contributed by atoms with Gasteiger partial charge in [0.1, 0.15) is 0 Å². The van der Waals surface area contributed by atoms with Crippen molar-refractivity contribution in [3.63, 3.8) is 0 Å². The Hall–Kier alpha value is -0.650. The molecule has 3 heterocycles. The van der Waals surface area contributed by atoms with Crippen LogP contribution in [0.2, 0.25) is 0 Å². The van der Waals surface area contributed by atoms with Gasteiger partial charge in [0, 0.05) is 18.0 Å². The lowest BCUT2D eigenvalue weighted by molar-refractivity contribution is 0.0304. The number of aliphatic hydroxyl groups is 1. The molecule has 0 radical (unpaired) electrons. The Kier molecular flexibility index (Phi) is 2.60. The van der Waals surface area contributed by atoms with Crippen LogP contribution in [0.5, 0.6) is 0 Å². The fraction of sp³-hybridized carbons (Fsp3) is 0.769. The van der Waals surface area contributed by atoms with E-state index in [2.05, 4.69) is 4.90 Å². The number of aromatic nitrogens is 1. The fourth-order valence-electron chi connectivity index (χ4n) is 3.29. The summed E-state index contributed by atoms with van der Waals surface area (Å²) in [6, 6.07) is 0. The van der Waals surface area contributed by atoms with Gasteiger partial charge >= 0.3 is 0 Å². The Morgan fingerprint density at radius 2 is 2.00 bits per heavy atom. The third-order valence-electron chi connectivity index (χ3n) is 4.23. The highest BCUT2D eigenvalue weighted by molar-refractivity contribution is 7.15. The van der Waals surface area contributed by atoms with Gasteiger partial charge < -0.3 is 14.7 Å². The summed E-state index contributed by atoms with van der Waals surface area (Å²) in [6.45, 7) is 1.94. The third kappa shape index (κ3) is 1.76. The topological polar surface area (TPSA) is 45.6 Å². The Morgan fingerprint density at radius 1 is 1.22 bits per heavy atom. The molecular formula is C13H18N2O2S. The molecule has 5 heteroatoms. The predicted octanol–water partition coefficient (Wildman–Crippen LogP) is 1.88. The number of aliphatic hydroxyl groups excluding tert-OH is 1. The molecule has 3 aliphatic rings. The Morgan fingerprint density at radius 3 is 2.72 bits per heavy atom. The van der Waals surface area contributed by atoms with Crippen LogP contribution in [0.3, 0.4) is 0 Å². The third-order valence-corrected chi connectivity index (χ3v) is 5.42. The van der Waals surface area contributed by atoms with Crippen molar-refractivity contribution in [2.24, 2.45) is 0 Å². The van der Waals surface area contributed by atoms with Crippen LogP contribution >= 0.6 is 11.3 Å². The minimum Gasteiger partial charge on any atom is -0.387 e. The van der Waals surface area contributed by atoms with Crippen molar-refractivity contribution in [1.29, 1.82) is 0 Å². The lowest BCUT2D eigenvalue weighted by Gasteiger charge is -2.31. The molecule has 0 aromatic carbocycles. The summed E-state index contributed by atoms with van der Waals surface area (Å²) in [7, 11) is 0. The molecule has 3 unspecified atom stereocenters. The molecule has 18 heavy (non-hydrogen) atoms. The summed E-state index contributed by atoms with van der Waals surface area (Å²) in [5.74, 6) is 0. The number of anilines is 1. The van der Waals surface area contributed by atoms with Crippen LogP contribution < -0.4 is 4.90 Å². The van der Waals surface area contributed by atoms with E-state index in [0.29, 0.717) is 12.2 Å². The van der Waals surface area contributed by atoms with Gasteiger partial charge in [-0.1, -0.05) is 0 Å². The second kappa shape index (κ2) is 4.18. The number of rotatable bonds is 1. The van der Waals surface area contributed by atoms with Gasteiger partial charge in [-0.2, -0.15) is 0 Å². The summed E-state index contributed by atoms with van der Waals surface area (Å²) < 4.78 is 5.86. The van der Waals surface area contributed by atoms with Gasteiger partial charge in [-0.3, -0.25) is 0 Å². The number of ether oxygens (including phenoxy) is 1. The molecule has 0 spiro atoms. The van der Waals surface area contributed by atoms with E-state index in [1.54, 1.807) is 11.3 Å². The summed E-state index contributed by atoms with van der Waals surface area (Å²) >= 11 is 1.78. The number of thiazole rings is 1. The molecule has 0 saturated carbocycles. The lowest BCUT2D eigenvalue weighted by Crippen LogP contribution is -2.42. The zero-order valence-corrected chi connectivity index (χ0v) is 11.2. The van der Waals surface area contributed by atoms with E-state index in [0.717, 1.165) is 43.2 Å². The molecule has 2 aliphatic heterocycles. The normalized spacial score (nSPS) is 34.7. The maximum absolute atomic E-state index is 9.99. The van der Waals surface area contributed by atoms with Crippen LogP contribution in [0.15, 0.2) is 0 Å². The first-order valence-corrected chi connectivity index (χ1v) is 7.69. The second-order valence-corrected chi connectivity index (χ2v) is 6.64. The van der Waals surface area contributed by atoms with Crippen LogP contribution in [-0.4, -0.2) is 35.4 Å². The van der Waals surface area contributed by atoms with Crippen molar-refractivity contribution in [1.82, 2.24) is 4.98 Å². The Bertz CT molecular complexity index is 450. The molecule has 1 aliphatic carbocycles. The SMILES string of the molecule is OC1CCCc2sc(N3CC4CCC(C3)O4)nc21. The molecule has 4 rings (SSSR count). The zero-order valence-electron chi connectivity index (χ0n) is 10.3. The van der Waals surface area contributed by atoms with Gasteiger partial charge in [0.05, 0.1) is 24.0 Å². The lowest BCUT2D eigenvalue weighted by atomic mass is 10.0. The Balaban J connectivity index is 1.61. The van der Waals surface area contributed by atoms with Crippen molar-refractivity contribution in [3.8, 4) is 0 Å². The van der Waals surface area contributed by atoms with E-state index in [4.69, 9.17) is 9.72 Å². The molecular weight excluding hydrogens is 248 g/mol. The van der Waals surface area contributed by atoms with Crippen molar-refractivity contribution < 1.29 is 9.84 Å². The van der Waals surface area contributed by atoms with Gasteiger partial charge in [0.15, 0.2) is 5.13 Å². The van der Waals surface area contributed by atoms with E-state index in [9.17, 15) is 5.11 Å². The first-order chi connectivity index (χ1) is 8.79. The predicted molar refractivity (Wildman–Crippen MR) is 70.1 cm³/mol. The molecule has 1 N–H and O–H groups in total. The fourth-order valence-corrected chi connectivity index (χ4v) is 4.46. The molecule has 98 valence electrons. The smallest absolute Gasteiger partial charge is 0.186 e. The molecule has 4 nitrogen and oxygen atoms in total. The average Bonchev–Trinajstić information content (AvgIpc) is 2.94. The standard InChI is InChI=1S/C13H18N2O2S/c16-10-2-1-3-11-12(10)14-13(18-11)15-6-8-4-5-9(7-15)17-8/h8-10,16H,1-7H2. The van der Waals surface area contributed by atoms with Gasteiger partial charge in [-0.15, -0.1) is 11.3 Å². The van der Waals surface area contributed by atoms with Crippen LogP contribution in [0, 0.1) is 0 Å². The van der Waals surface area contributed by atoms with E-state index in [1.807, 2.05) is 0 Å². The van der Waals surface area contributed by atoms with E-state index < -0.39 is 0 Å². The summed E-state index contributed by atoms with van der Waals surface area (Å²) in [4.78, 5) is 8.35. The maximum Gasteiger partial charge on any atom is 0.186 e. The van der Waals surface area contributed by atoms with Crippen molar-refractivity contribution in [2.45, 2.75) is 50.4 Å². The van der Waals surface area contributed by atoms with Gasteiger partial charge in [0.25, 0.3) is 0 Å². The minimum atomic E-state index is -0.337. The number of hydrogen-bond acceptors (Lipinski definition) is 5. The van der Waals surface area contributed by atoms with Crippen LogP contribution in [0.4, 0.5) is 5.13 Å². The van der Waals surface area contributed by atoms with Crippen molar-refractivity contribution in [2.75, 3.05) is 18.0 Å². The molecule has 2 bridgehead atoms. The maximum atomic E-state index is 9.99. The number of hydrogen-bond donors (Lipinski definition) is 1. The minimum absolute atomic E-state index is 0.337. The highest BCUT2D eigenvalue weighted by Crippen LogP contribution is 2.38. The van der Waals surface area contributed by atoms with Gasteiger partial charge in [-0.25, -0.2) is 4.98 Å². The quantitative estimate of drug-likeness (QED) is 0.843. The molecule has 1 aromatic heterocycles. The van der Waals surface area contributed by atoms with Crippen LogP contribution in [0.25, 0.3) is 0 Å². The summed E-state index contributed by atoms with van der Waals surface area (Å²) in [5, 5.41) is 11.1. The first-order valence-electron chi connectivity index (χ1n) is 6.87. The number of aryl methyl sites for hydroxylation is 1. The first kappa shape index (κ1) is 11.2. The highest BCUT2D eigenvalue weighted by atomic mass is 32.1. The average molecular weight is 266 g/mol. The van der Waals surface area contributed by atoms with Gasteiger partial charge in [-0.05, 0) is 32.1 Å². The molecule has 2 fully saturated rings. The zero-order chi connectivity index (χ0) is 12.1. The Labute approximate surface area is 111 Å². The van der Waals surface area contributed by atoms with Crippen LogP contribution in [-0.2, 0) is 11.2 Å². The number of fused-ring (bicyclic) bond motifs is 3. The second-order valence-electron chi connectivity index (χ2n) is 5.58. The number of morpholine rings is 1. The molecule has 1 aromatic rings. The van der Waals surface area contributed by atoms with Crippen molar-refractivity contribution in [3.05, 3.63) is 10.6 Å².